The van der Waals surface area contributed by atoms with Crippen molar-refractivity contribution >= 4 is 5.91 Å². The van der Waals surface area contributed by atoms with Crippen LogP contribution in [0.1, 0.15) is 21.5 Å². The monoisotopic (exact) mass is 292 g/mol. The van der Waals surface area contributed by atoms with Crippen molar-refractivity contribution in [3.8, 4) is 5.82 Å². The summed E-state index contributed by atoms with van der Waals surface area (Å²) in [7, 11) is 0. The third kappa shape index (κ3) is 3.20. The average molecular weight is 292 g/mol. The molecule has 3 rings (SSSR count). The SMILES string of the molecule is Cc1cccc(C(=O)NCc2ccnc(-n3cccn3)c2)c1. The van der Waals surface area contributed by atoms with Crippen LogP contribution >= 0.6 is 0 Å². The molecule has 2 heterocycles. The lowest BCUT2D eigenvalue weighted by Gasteiger charge is -2.07. The zero-order chi connectivity index (χ0) is 15.4. The number of aryl methyl sites for hydroxylation is 1. The van der Waals surface area contributed by atoms with Crippen LogP contribution in [-0.4, -0.2) is 20.7 Å². The predicted octanol–water partition coefficient (Wildman–Crippen LogP) is 2.51. The van der Waals surface area contributed by atoms with Gasteiger partial charge in [-0.1, -0.05) is 17.7 Å². The molecule has 0 saturated carbocycles. The summed E-state index contributed by atoms with van der Waals surface area (Å²) < 4.78 is 1.69. The third-order valence-electron chi connectivity index (χ3n) is 3.28. The minimum absolute atomic E-state index is 0.0823. The highest BCUT2D eigenvalue weighted by Gasteiger charge is 2.06. The Morgan fingerprint density at radius 2 is 2.09 bits per heavy atom. The van der Waals surface area contributed by atoms with Gasteiger partial charge < -0.3 is 5.32 Å². The van der Waals surface area contributed by atoms with Crippen LogP contribution in [0.5, 0.6) is 0 Å². The molecule has 5 heteroatoms. The van der Waals surface area contributed by atoms with Gasteiger partial charge in [0.25, 0.3) is 5.91 Å². The maximum atomic E-state index is 12.1. The lowest BCUT2D eigenvalue weighted by atomic mass is 10.1. The van der Waals surface area contributed by atoms with Crippen LogP contribution in [0.15, 0.2) is 61.1 Å². The number of nitrogens with one attached hydrogen (secondary N) is 1. The molecule has 0 bridgehead atoms. The van der Waals surface area contributed by atoms with E-state index >= 15 is 0 Å². The zero-order valence-electron chi connectivity index (χ0n) is 12.2. The summed E-state index contributed by atoms with van der Waals surface area (Å²) in [5, 5.41) is 7.07. The van der Waals surface area contributed by atoms with E-state index < -0.39 is 0 Å². The number of amides is 1. The Kier molecular flexibility index (Phi) is 3.96. The lowest BCUT2D eigenvalue weighted by molar-refractivity contribution is 0.0951. The molecule has 3 aromatic rings. The van der Waals surface area contributed by atoms with E-state index in [-0.39, 0.29) is 5.91 Å². The molecular formula is C17H16N4O. The van der Waals surface area contributed by atoms with Gasteiger partial charge in [-0.3, -0.25) is 4.79 Å². The Balaban J connectivity index is 1.69. The summed E-state index contributed by atoms with van der Waals surface area (Å²) >= 11 is 0. The van der Waals surface area contributed by atoms with E-state index in [2.05, 4.69) is 15.4 Å². The number of carbonyl (C=O) groups excluding carboxylic acids is 1. The first-order valence-corrected chi connectivity index (χ1v) is 7.02. The van der Waals surface area contributed by atoms with Crippen molar-refractivity contribution in [1.29, 1.82) is 0 Å². The van der Waals surface area contributed by atoms with Crippen molar-refractivity contribution in [2.75, 3.05) is 0 Å². The molecule has 0 aliphatic rings. The van der Waals surface area contributed by atoms with E-state index in [1.54, 1.807) is 17.1 Å². The van der Waals surface area contributed by atoms with Gasteiger partial charge in [-0.25, -0.2) is 9.67 Å². The van der Waals surface area contributed by atoms with E-state index in [4.69, 9.17) is 0 Å². The van der Waals surface area contributed by atoms with Crippen LogP contribution in [0.4, 0.5) is 0 Å². The van der Waals surface area contributed by atoms with Crippen LogP contribution in [0, 0.1) is 6.92 Å². The molecule has 0 aliphatic heterocycles. The first-order valence-electron chi connectivity index (χ1n) is 7.02. The fraction of sp³-hybridized carbons (Fsp3) is 0.118. The van der Waals surface area contributed by atoms with Crippen LogP contribution in [-0.2, 0) is 6.54 Å². The Bertz CT molecular complexity index is 781. The molecule has 0 spiro atoms. The van der Waals surface area contributed by atoms with E-state index in [1.165, 1.54) is 0 Å². The number of rotatable bonds is 4. The summed E-state index contributed by atoms with van der Waals surface area (Å²) in [6.07, 6.45) is 5.25. The van der Waals surface area contributed by atoms with E-state index in [0.29, 0.717) is 12.1 Å². The number of nitrogens with zero attached hydrogens (tertiary/aromatic N) is 3. The molecule has 0 saturated heterocycles. The zero-order valence-corrected chi connectivity index (χ0v) is 12.2. The van der Waals surface area contributed by atoms with Crippen LogP contribution in [0.3, 0.4) is 0 Å². The molecule has 2 aromatic heterocycles. The minimum atomic E-state index is -0.0823. The average Bonchev–Trinajstić information content (AvgIpc) is 3.07. The normalized spacial score (nSPS) is 10.4. The topological polar surface area (TPSA) is 59.8 Å². The van der Waals surface area contributed by atoms with Crippen LogP contribution in [0.25, 0.3) is 5.82 Å². The highest BCUT2D eigenvalue weighted by Crippen LogP contribution is 2.07. The first-order chi connectivity index (χ1) is 10.7. The van der Waals surface area contributed by atoms with Gasteiger partial charge in [0.1, 0.15) is 0 Å². The van der Waals surface area contributed by atoms with Gasteiger partial charge in [0.05, 0.1) is 0 Å². The second kappa shape index (κ2) is 6.22. The van der Waals surface area contributed by atoms with Crippen molar-refractivity contribution in [3.63, 3.8) is 0 Å². The van der Waals surface area contributed by atoms with Crippen molar-refractivity contribution in [2.45, 2.75) is 13.5 Å². The number of aromatic nitrogens is 3. The molecule has 0 radical (unpaired) electrons. The summed E-state index contributed by atoms with van der Waals surface area (Å²) in [5.41, 5.74) is 2.71. The standard InChI is InChI=1S/C17H16N4O/c1-13-4-2-5-15(10-13)17(22)19-12-14-6-8-18-16(11-14)21-9-3-7-20-21/h2-11H,12H2,1H3,(H,19,22). The number of hydrogen-bond donors (Lipinski definition) is 1. The highest BCUT2D eigenvalue weighted by molar-refractivity contribution is 5.94. The molecule has 0 unspecified atom stereocenters. The molecule has 22 heavy (non-hydrogen) atoms. The van der Waals surface area contributed by atoms with Crippen LogP contribution < -0.4 is 5.32 Å². The fourth-order valence-corrected chi connectivity index (χ4v) is 2.17. The molecule has 1 amide bonds. The fourth-order valence-electron chi connectivity index (χ4n) is 2.17. The van der Waals surface area contributed by atoms with Crippen molar-refractivity contribution in [3.05, 3.63) is 77.7 Å². The second-order valence-corrected chi connectivity index (χ2v) is 5.03. The minimum Gasteiger partial charge on any atom is -0.348 e. The van der Waals surface area contributed by atoms with Gasteiger partial charge in [0.15, 0.2) is 5.82 Å². The quantitative estimate of drug-likeness (QED) is 0.803. The van der Waals surface area contributed by atoms with E-state index in [0.717, 1.165) is 16.9 Å². The summed E-state index contributed by atoms with van der Waals surface area (Å²) in [5.74, 6) is 0.647. The first kappa shape index (κ1) is 14.0. The second-order valence-electron chi connectivity index (χ2n) is 5.03. The molecule has 5 nitrogen and oxygen atoms in total. The molecule has 110 valence electrons. The van der Waals surface area contributed by atoms with Crippen molar-refractivity contribution < 1.29 is 4.79 Å². The van der Waals surface area contributed by atoms with Gasteiger partial charge in [-0.05, 0) is 42.8 Å². The maximum absolute atomic E-state index is 12.1. The summed E-state index contributed by atoms with van der Waals surface area (Å²) in [6.45, 7) is 2.42. The van der Waals surface area contributed by atoms with Gasteiger partial charge in [0, 0.05) is 30.7 Å². The smallest absolute Gasteiger partial charge is 0.251 e. The third-order valence-corrected chi connectivity index (χ3v) is 3.28. The molecule has 0 fully saturated rings. The van der Waals surface area contributed by atoms with E-state index in [9.17, 15) is 4.79 Å². The van der Waals surface area contributed by atoms with Crippen molar-refractivity contribution in [2.24, 2.45) is 0 Å². The molecule has 0 aliphatic carbocycles. The van der Waals surface area contributed by atoms with Gasteiger partial charge in [-0.2, -0.15) is 5.10 Å². The van der Waals surface area contributed by atoms with Gasteiger partial charge >= 0.3 is 0 Å². The Labute approximate surface area is 128 Å². The largest absolute Gasteiger partial charge is 0.348 e. The molecule has 0 atom stereocenters. The molecular weight excluding hydrogens is 276 g/mol. The van der Waals surface area contributed by atoms with E-state index in [1.807, 2.05) is 55.6 Å². The Morgan fingerprint density at radius 1 is 1.18 bits per heavy atom. The van der Waals surface area contributed by atoms with Crippen LogP contribution in [0.2, 0.25) is 0 Å². The highest BCUT2D eigenvalue weighted by atomic mass is 16.1. The Hall–Kier alpha value is -2.95. The van der Waals surface area contributed by atoms with Gasteiger partial charge in [-0.15, -0.1) is 0 Å². The van der Waals surface area contributed by atoms with Gasteiger partial charge in [0.2, 0.25) is 0 Å². The van der Waals surface area contributed by atoms with Crippen molar-refractivity contribution in [1.82, 2.24) is 20.1 Å². The molecule has 1 N–H and O–H groups in total. The predicted molar refractivity (Wildman–Crippen MR) is 83.7 cm³/mol. The summed E-state index contributed by atoms with van der Waals surface area (Å²) in [4.78, 5) is 16.4. The molecule has 1 aromatic carbocycles. The lowest BCUT2D eigenvalue weighted by Crippen LogP contribution is -2.23. The number of hydrogen-bond acceptors (Lipinski definition) is 3. The Morgan fingerprint density at radius 3 is 2.86 bits per heavy atom. The number of carbonyl (C=O) groups is 1. The number of pyridine rings is 1. The maximum Gasteiger partial charge on any atom is 0.251 e. The number of benzene rings is 1. The summed E-state index contributed by atoms with van der Waals surface area (Å²) in [6, 6.07) is 13.2.